The molecule has 8 heteroatoms. The fourth-order valence-corrected chi connectivity index (χ4v) is 3.14. The number of carbonyl (C=O) groups excluding carboxylic acids is 2. The monoisotopic (exact) mass is 417 g/mol. The van der Waals surface area contributed by atoms with Gasteiger partial charge in [0.25, 0.3) is 5.91 Å². The van der Waals surface area contributed by atoms with Gasteiger partial charge in [0.05, 0.1) is 15.6 Å². The van der Waals surface area contributed by atoms with E-state index in [-0.39, 0.29) is 10.8 Å². The number of rotatable bonds is 5. The highest BCUT2D eigenvalue weighted by Crippen LogP contribution is 2.22. The second-order valence-corrected chi connectivity index (χ2v) is 6.95. The Morgan fingerprint density at radius 1 is 1.07 bits per heavy atom. The first-order valence-electron chi connectivity index (χ1n) is 8.38. The number of ether oxygens (including phenoxy) is 1. The van der Waals surface area contributed by atoms with Gasteiger partial charge in [-0.2, -0.15) is 0 Å². The van der Waals surface area contributed by atoms with E-state index in [1.165, 1.54) is 12.3 Å². The molecule has 0 aliphatic rings. The molecule has 28 heavy (non-hydrogen) atoms. The molecule has 0 unspecified atom stereocenters. The van der Waals surface area contributed by atoms with Gasteiger partial charge in [-0.1, -0.05) is 23.2 Å². The molecule has 1 amide bonds. The maximum atomic E-state index is 12.2. The Hall–Kier alpha value is -2.83. The topological polar surface area (TPSA) is 73.2 Å². The number of benzene rings is 1. The number of hydrogen-bond donors (Lipinski definition) is 1. The van der Waals surface area contributed by atoms with Gasteiger partial charge in [0.1, 0.15) is 0 Å². The predicted octanol–water partition coefficient (Wildman–Crippen LogP) is 4.59. The van der Waals surface area contributed by atoms with Crippen LogP contribution in [0.3, 0.4) is 0 Å². The van der Waals surface area contributed by atoms with Gasteiger partial charge < -0.3 is 14.6 Å². The van der Waals surface area contributed by atoms with E-state index in [9.17, 15) is 9.59 Å². The number of amides is 1. The van der Waals surface area contributed by atoms with Crippen molar-refractivity contribution in [2.45, 2.75) is 13.8 Å². The van der Waals surface area contributed by atoms with Crippen molar-refractivity contribution >= 4 is 40.9 Å². The van der Waals surface area contributed by atoms with Crippen LogP contribution >= 0.6 is 23.2 Å². The Labute approximate surface area is 172 Å². The van der Waals surface area contributed by atoms with Gasteiger partial charge >= 0.3 is 5.97 Å². The molecule has 0 fully saturated rings. The van der Waals surface area contributed by atoms with Crippen LogP contribution in [0.4, 0.5) is 5.82 Å². The molecule has 1 N–H and O–H groups in total. The molecule has 0 saturated carbocycles. The summed E-state index contributed by atoms with van der Waals surface area (Å²) in [5, 5.41) is 3.01. The summed E-state index contributed by atoms with van der Waals surface area (Å²) in [6.07, 6.45) is 1.35. The highest BCUT2D eigenvalue weighted by atomic mass is 35.5. The summed E-state index contributed by atoms with van der Waals surface area (Å²) < 4.78 is 7.12. The second-order valence-electron chi connectivity index (χ2n) is 6.11. The van der Waals surface area contributed by atoms with E-state index >= 15 is 0 Å². The fraction of sp³-hybridized carbons (Fsp3) is 0.150. The van der Waals surface area contributed by atoms with Crippen LogP contribution < -0.4 is 5.32 Å². The molecule has 0 aliphatic carbocycles. The van der Waals surface area contributed by atoms with Crippen LogP contribution in [0.25, 0.3) is 5.69 Å². The van der Waals surface area contributed by atoms with Gasteiger partial charge in [0, 0.05) is 23.3 Å². The largest absolute Gasteiger partial charge is 0.452 e. The summed E-state index contributed by atoms with van der Waals surface area (Å²) in [5.74, 6) is -1.01. The Balaban J connectivity index is 1.59. The highest BCUT2D eigenvalue weighted by molar-refractivity contribution is 6.36. The zero-order valence-electron chi connectivity index (χ0n) is 15.2. The quantitative estimate of drug-likeness (QED) is 0.615. The number of anilines is 1. The third-order valence-electron chi connectivity index (χ3n) is 4.03. The van der Waals surface area contributed by atoms with E-state index in [0.29, 0.717) is 10.6 Å². The zero-order chi connectivity index (χ0) is 20.3. The number of nitrogens with zero attached hydrogens (tertiary/aromatic N) is 2. The number of aromatic nitrogens is 2. The minimum Gasteiger partial charge on any atom is -0.452 e. The fourth-order valence-electron chi connectivity index (χ4n) is 2.71. The summed E-state index contributed by atoms with van der Waals surface area (Å²) >= 11 is 11.7. The van der Waals surface area contributed by atoms with Crippen molar-refractivity contribution < 1.29 is 14.3 Å². The number of carbonyl (C=O) groups is 2. The first kappa shape index (κ1) is 19.9. The Kier molecular flexibility index (Phi) is 6.02. The van der Waals surface area contributed by atoms with Crippen LogP contribution in [-0.2, 0) is 9.53 Å². The first-order valence-corrected chi connectivity index (χ1v) is 9.14. The average molecular weight is 418 g/mol. The lowest BCUT2D eigenvalue weighted by molar-refractivity contribution is -0.119. The molecule has 2 aromatic heterocycles. The molecule has 0 radical (unpaired) electrons. The minimum absolute atomic E-state index is 0.147. The maximum Gasteiger partial charge on any atom is 0.338 e. The van der Waals surface area contributed by atoms with E-state index in [1.54, 1.807) is 12.1 Å². The number of hydrogen-bond acceptors (Lipinski definition) is 4. The van der Waals surface area contributed by atoms with Gasteiger partial charge in [-0.15, -0.1) is 0 Å². The summed E-state index contributed by atoms with van der Waals surface area (Å²) in [7, 11) is 0. The molecular formula is C20H17Cl2N3O3. The Morgan fingerprint density at radius 3 is 2.32 bits per heavy atom. The number of nitrogens with one attached hydrogen (secondary N) is 1. The third kappa shape index (κ3) is 4.52. The van der Waals surface area contributed by atoms with Crippen molar-refractivity contribution in [1.29, 1.82) is 0 Å². The molecule has 0 bridgehead atoms. The van der Waals surface area contributed by atoms with Crippen molar-refractivity contribution in [3.63, 3.8) is 0 Å². The normalized spacial score (nSPS) is 10.6. The van der Waals surface area contributed by atoms with Crippen LogP contribution in [-0.4, -0.2) is 28.0 Å². The van der Waals surface area contributed by atoms with E-state index in [1.807, 2.05) is 38.1 Å². The van der Waals surface area contributed by atoms with Gasteiger partial charge in [0.2, 0.25) is 0 Å². The molecule has 3 aromatic rings. The van der Waals surface area contributed by atoms with Crippen molar-refractivity contribution in [3.8, 4) is 5.69 Å². The van der Waals surface area contributed by atoms with E-state index in [0.717, 1.165) is 17.1 Å². The average Bonchev–Trinajstić information content (AvgIpc) is 3.00. The van der Waals surface area contributed by atoms with E-state index in [4.69, 9.17) is 27.9 Å². The van der Waals surface area contributed by atoms with Gasteiger partial charge in [-0.3, -0.25) is 4.79 Å². The van der Waals surface area contributed by atoms with Gasteiger partial charge in [0.15, 0.2) is 12.4 Å². The molecular weight excluding hydrogens is 401 g/mol. The zero-order valence-corrected chi connectivity index (χ0v) is 16.7. The molecule has 1 aromatic carbocycles. The molecule has 0 aliphatic heterocycles. The molecule has 0 saturated heterocycles. The van der Waals surface area contributed by atoms with E-state index < -0.39 is 18.5 Å². The Bertz CT molecular complexity index is 1010. The summed E-state index contributed by atoms with van der Waals surface area (Å²) in [4.78, 5) is 28.0. The third-order valence-corrected chi connectivity index (χ3v) is 4.53. The van der Waals surface area contributed by atoms with E-state index in [2.05, 4.69) is 14.9 Å². The van der Waals surface area contributed by atoms with Crippen molar-refractivity contribution in [3.05, 3.63) is 75.7 Å². The minimum atomic E-state index is -0.599. The van der Waals surface area contributed by atoms with Crippen LogP contribution in [0, 0.1) is 13.8 Å². The molecule has 2 heterocycles. The Morgan fingerprint density at radius 2 is 1.71 bits per heavy atom. The van der Waals surface area contributed by atoms with Crippen molar-refractivity contribution in [2.75, 3.05) is 11.9 Å². The number of pyridine rings is 1. The first-order chi connectivity index (χ1) is 13.3. The highest BCUT2D eigenvalue weighted by Gasteiger charge is 2.13. The lowest BCUT2D eigenvalue weighted by Crippen LogP contribution is -2.21. The maximum absolute atomic E-state index is 12.2. The van der Waals surface area contributed by atoms with Crippen LogP contribution in [0.5, 0.6) is 0 Å². The smallest absolute Gasteiger partial charge is 0.338 e. The lowest BCUT2D eigenvalue weighted by Gasteiger charge is -2.10. The van der Waals surface area contributed by atoms with Crippen LogP contribution in [0.1, 0.15) is 21.7 Å². The summed E-state index contributed by atoms with van der Waals surface area (Å²) in [5.41, 5.74) is 3.48. The SMILES string of the molecule is Cc1ccc(C)n1-c1ccc(C(=O)OCC(=O)Nc2ncc(Cl)cc2Cl)cc1. The number of halogens is 2. The number of aryl methyl sites for hydroxylation is 2. The summed E-state index contributed by atoms with van der Waals surface area (Å²) in [6.45, 7) is 3.56. The molecule has 144 valence electrons. The lowest BCUT2D eigenvalue weighted by atomic mass is 10.2. The molecule has 0 atom stereocenters. The predicted molar refractivity (Wildman–Crippen MR) is 108 cm³/mol. The summed E-state index contributed by atoms with van der Waals surface area (Å²) in [6, 6.07) is 12.5. The molecule has 6 nitrogen and oxygen atoms in total. The van der Waals surface area contributed by atoms with Crippen molar-refractivity contribution in [2.24, 2.45) is 0 Å². The van der Waals surface area contributed by atoms with Gasteiger partial charge in [-0.05, 0) is 56.3 Å². The standard InChI is InChI=1S/C20H17Cl2N3O3/c1-12-3-4-13(2)25(12)16-7-5-14(6-8-16)20(27)28-11-18(26)24-19-17(22)9-15(21)10-23-19/h3-10H,11H2,1-2H3,(H,23,24,26). The van der Waals surface area contributed by atoms with Gasteiger partial charge in [-0.25, -0.2) is 9.78 Å². The second kappa shape index (κ2) is 8.46. The van der Waals surface area contributed by atoms with Crippen molar-refractivity contribution in [1.82, 2.24) is 9.55 Å². The molecule has 0 spiro atoms. The van der Waals surface area contributed by atoms with Crippen LogP contribution in [0.2, 0.25) is 10.0 Å². The number of esters is 1. The molecule has 3 rings (SSSR count). The van der Waals surface area contributed by atoms with Crippen LogP contribution in [0.15, 0.2) is 48.7 Å².